The van der Waals surface area contributed by atoms with Crippen LogP contribution >= 0.6 is 0 Å². The van der Waals surface area contributed by atoms with Crippen molar-refractivity contribution in [2.24, 2.45) is 5.73 Å². The third kappa shape index (κ3) is 2.91. The molecule has 0 aromatic heterocycles. The van der Waals surface area contributed by atoms with Gasteiger partial charge in [0.15, 0.2) is 0 Å². The fraction of sp³-hybridized carbons (Fsp3) is 0.381. The Morgan fingerprint density at radius 3 is 2.32 bits per heavy atom. The summed E-state index contributed by atoms with van der Waals surface area (Å²) in [5.74, 6) is 0.109. The average molecular weight is 336 g/mol. The van der Waals surface area contributed by atoms with E-state index in [0.717, 1.165) is 25.8 Å². The van der Waals surface area contributed by atoms with Crippen molar-refractivity contribution in [3.05, 3.63) is 59.7 Å². The first-order chi connectivity index (χ1) is 12.3. The number of ether oxygens (including phenoxy) is 1. The van der Waals surface area contributed by atoms with Gasteiger partial charge in [0.05, 0.1) is 0 Å². The lowest BCUT2D eigenvalue weighted by molar-refractivity contribution is 0.0731. The number of piperidine rings is 1. The number of hydrogen-bond donors (Lipinski definition) is 1. The maximum absolute atomic E-state index is 12.6. The van der Waals surface area contributed by atoms with Gasteiger partial charge in [0, 0.05) is 25.0 Å². The van der Waals surface area contributed by atoms with Crippen molar-refractivity contribution in [3.8, 4) is 11.1 Å². The highest BCUT2D eigenvalue weighted by atomic mass is 16.6. The van der Waals surface area contributed by atoms with Crippen LogP contribution in [0.5, 0.6) is 0 Å². The number of hydrogen-bond acceptors (Lipinski definition) is 3. The summed E-state index contributed by atoms with van der Waals surface area (Å²) < 4.78 is 5.74. The number of fused-ring (bicyclic) bond motifs is 3. The van der Waals surface area contributed by atoms with Crippen LogP contribution < -0.4 is 5.73 Å². The van der Waals surface area contributed by atoms with E-state index < -0.39 is 0 Å². The van der Waals surface area contributed by atoms with Gasteiger partial charge < -0.3 is 15.4 Å². The van der Waals surface area contributed by atoms with Gasteiger partial charge in [0.2, 0.25) is 0 Å². The molecule has 4 nitrogen and oxygen atoms in total. The van der Waals surface area contributed by atoms with Crippen molar-refractivity contribution in [1.29, 1.82) is 0 Å². The van der Waals surface area contributed by atoms with Crippen LogP contribution in [-0.4, -0.2) is 36.7 Å². The zero-order chi connectivity index (χ0) is 17.2. The molecule has 130 valence electrons. The number of rotatable bonds is 3. The first-order valence-electron chi connectivity index (χ1n) is 9.11. The molecule has 4 rings (SSSR count). The molecule has 2 aromatic carbocycles. The van der Waals surface area contributed by atoms with Crippen LogP contribution in [0.25, 0.3) is 11.1 Å². The van der Waals surface area contributed by atoms with Crippen molar-refractivity contribution in [2.75, 3.05) is 19.7 Å². The Labute approximate surface area is 148 Å². The van der Waals surface area contributed by atoms with E-state index in [1.165, 1.54) is 22.3 Å². The van der Waals surface area contributed by atoms with Gasteiger partial charge in [-0.25, -0.2) is 4.79 Å². The molecular weight excluding hydrogens is 312 g/mol. The number of nitrogens with zero attached hydrogens (tertiary/aromatic N) is 1. The maximum Gasteiger partial charge on any atom is 0.410 e. The van der Waals surface area contributed by atoms with Crippen molar-refractivity contribution in [1.82, 2.24) is 4.90 Å². The molecule has 0 unspecified atom stereocenters. The van der Waals surface area contributed by atoms with E-state index in [-0.39, 0.29) is 18.1 Å². The second-order valence-electron chi connectivity index (χ2n) is 6.88. The van der Waals surface area contributed by atoms with Gasteiger partial charge in [0.1, 0.15) is 6.61 Å². The third-order valence-electron chi connectivity index (χ3n) is 5.47. The fourth-order valence-corrected chi connectivity index (χ4v) is 4.16. The zero-order valence-corrected chi connectivity index (χ0v) is 14.4. The Balaban J connectivity index is 1.52. The summed E-state index contributed by atoms with van der Waals surface area (Å²) in [6.07, 6.45) is 2.91. The van der Waals surface area contributed by atoms with E-state index in [1.54, 1.807) is 0 Å². The Kier molecular flexibility index (Phi) is 4.45. The highest BCUT2D eigenvalue weighted by Crippen LogP contribution is 2.44. The van der Waals surface area contributed by atoms with Crippen LogP contribution in [0, 0.1) is 0 Å². The Bertz CT molecular complexity index is 728. The van der Waals surface area contributed by atoms with Gasteiger partial charge in [-0.1, -0.05) is 48.5 Å². The number of amides is 1. The van der Waals surface area contributed by atoms with E-state index in [2.05, 4.69) is 48.5 Å². The first-order valence-corrected chi connectivity index (χ1v) is 9.11. The normalized spacial score (nSPS) is 19.4. The molecule has 0 spiro atoms. The molecule has 4 heteroatoms. The van der Waals surface area contributed by atoms with Crippen LogP contribution in [-0.2, 0) is 4.74 Å². The van der Waals surface area contributed by atoms with E-state index in [1.807, 2.05) is 4.90 Å². The molecule has 2 N–H and O–H groups in total. The number of benzene rings is 2. The predicted octanol–water partition coefficient (Wildman–Crippen LogP) is 3.75. The van der Waals surface area contributed by atoms with Crippen molar-refractivity contribution in [3.63, 3.8) is 0 Å². The molecule has 0 bridgehead atoms. The lowest BCUT2D eigenvalue weighted by Crippen LogP contribution is -2.47. The van der Waals surface area contributed by atoms with Gasteiger partial charge in [-0.15, -0.1) is 0 Å². The zero-order valence-electron chi connectivity index (χ0n) is 14.4. The molecule has 0 saturated carbocycles. The molecule has 2 aliphatic rings. The molecule has 1 aliphatic carbocycles. The third-order valence-corrected chi connectivity index (χ3v) is 5.47. The van der Waals surface area contributed by atoms with Gasteiger partial charge in [-0.2, -0.15) is 0 Å². The second kappa shape index (κ2) is 6.89. The molecule has 1 amide bonds. The van der Waals surface area contributed by atoms with Gasteiger partial charge in [0.25, 0.3) is 0 Å². The van der Waals surface area contributed by atoms with Crippen LogP contribution in [0.4, 0.5) is 4.79 Å². The summed E-state index contributed by atoms with van der Waals surface area (Å²) in [5, 5.41) is 0. The SMILES string of the molecule is NC[C@@H]1CCCCN1C(=O)OCC1c2ccccc2-c2ccccc21. The Morgan fingerprint density at radius 2 is 1.68 bits per heavy atom. The molecule has 1 atom stereocenters. The molecule has 1 saturated heterocycles. The molecule has 1 fully saturated rings. The van der Waals surface area contributed by atoms with E-state index in [0.29, 0.717) is 13.2 Å². The summed E-state index contributed by atoms with van der Waals surface area (Å²) in [6.45, 7) is 1.63. The van der Waals surface area contributed by atoms with Gasteiger partial charge in [-0.05, 0) is 41.5 Å². The van der Waals surface area contributed by atoms with Crippen LogP contribution in [0.3, 0.4) is 0 Å². The predicted molar refractivity (Wildman–Crippen MR) is 98.5 cm³/mol. The summed E-state index contributed by atoms with van der Waals surface area (Å²) >= 11 is 0. The quantitative estimate of drug-likeness (QED) is 0.929. The average Bonchev–Trinajstić information content (AvgIpc) is 3.00. The first kappa shape index (κ1) is 16.2. The van der Waals surface area contributed by atoms with E-state index in [9.17, 15) is 4.79 Å². The standard InChI is InChI=1S/C21H24N2O2/c22-13-15-7-5-6-12-23(15)21(24)25-14-20-18-10-3-1-8-16(18)17-9-2-4-11-19(17)20/h1-4,8-11,15,20H,5-7,12-14,22H2/t15-/m0/s1. The highest BCUT2D eigenvalue weighted by molar-refractivity contribution is 5.79. The number of nitrogens with two attached hydrogens (primary N) is 1. The Morgan fingerprint density at radius 1 is 1.04 bits per heavy atom. The van der Waals surface area contributed by atoms with Crippen molar-refractivity contribution in [2.45, 2.75) is 31.2 Å². The van der Waals surface area contributed by atoms with Crippen LogP contribution in [0.1, 0.15) is 36.3 Å². The van der Waals surface area contributed by atoms with E-state index in [4.69, 9.17) is 10.5 Å². The number of likely N-dealkylation sites (tertiary alicyclic amines) is 1. The lowest BCUT2D eigenvalue weighted by Gasteiger charge is -2.34. The highest BCUT2D eigenvalue weighted by Gasteiger charge is 2.31. The summed E-state index contributed by atoms with van der Waals surface area (Å²) in [7, 11) is 0. The van der Waals surface area contributed by atoms with Crippen molar-refractivity contribution < 1.29 is 9.53 Å². The molecule has 2 aromatic rings. The second-order valence-corrected chi connectivity index (χ2v) is 6.88. The van der Waals surface area contributed by atoms with Crippen LogP contribution in [0.15, 0.2) is 48.5 Å². The smallest absolute Gasteiger partial charge is 0.410 e. The Hall–Kier alpha value is -2.33. The summed E-state index contributed by atoms with van der Waals surface area (Å²) in [6, 6.07) is 16.9. The monoisotopic (exact) mass is 336 g/mol. The van der Waals surface area contributed by atoms with Gasteiger partial charge >= 0.3 is 6.09 Å². The minimum absolute atomic E-state index is 0.109. The summed E-state index contributed by atoms with van der Waals surface area (Å²) in [4.78, 5) is 14.4. The van der Waals surface area contributed by atoms with Crippen molar-refractivity contribution >= 4 is 6.09 Å². The van der Waals surface area contributed by atoms with E-state index >= 15 is 0 Å². The topological polar surface area (TPSA) is 55.6 Å². The minimum atomic E-state index is -0.225. The van der Waals surface area contributed by atoms with Gasteiger partial charge in [-0.3, -0.25) is 0 Å². The maximum atomic E-state index is 12.6. The molecule has 25 heavy (non-hydrogen) atoms. The number of carbonyl (C=O) groups is 1. The molecular formula is C21H24N2O2. The number of carbonyl (C=O) groups excluding carboxylic acids is 1. The fourth-order valence-electron chi connectivity index (χ4n) is 4.16. The summed E-state index contributed by atoms with van der Waals surface area (Å²) in [5.41, 5.74) is 10.8. The van der Waals surface area contributed by atoms with Crippen LogP contribution in [0.2, 0.25) is 0 Å². The lowest BCUT2D eigenvalue weighted by atomic mass is 9.98. The largest absolute Gasteiger partial charge is 0.448 e. The molecule has 1 aliphatic heterocycles. The minimum Gasteiger partial charge on any atom is -0.448 e. The molecule has 0 radical (unpaired) electrons. The molecule has 1 heterocycles.